The third-order valence-electron chi connectivity index (χ3n) is 4.42. The van der Waals surface area contributed by atoms with Crippen LogP contribution in [0.1, 0.15) is 57.8 Å². The molecule has 4 nitrogen and oxygen atoms in total. The number of nitrogens with two attached hydrogens (primary N) is 1. The molecule has 0 atom stereocenters. The number of nitrogen functional groups attached to an aromatic ring is 1. The van der Waals surface area contributed by atoms with Crippen LogP contribution in [0.3, 0.4) is 0 Å². The molecule has 4 heteroatoms. The molecule has 0 unspecified atom stereocenters. The first kappa shape index (κ1) is 14.1. The number of nitrogens with zero attached hydrogens (tertiary/aromatic N) is 2. The molecule has 19 heavy (non-hydrogen) atoms. The van der Waals surface area contributed by atoms with Gasteiger partial charge >= 0.3 is 0 Å². The van der Waals surface area contributed by atoms with Gasteiger partial charge in [-0.25, -0.2) is 9.97 Å². The SMILES string of the molecule is Cc1c(N)nc(C2CC2)nc1NCC(C)(C)C(C)C. The van der Waals surface area contributed by atoms with Crippen molar-refractivity contribution in [1.82, 2.24) is 9.97 Å². The van der Waals surface area contributed by atoms with E-state index in [1.165, 1.54) is 12.8 Å². The summed E-state index contributed by atoms with van der Waals surface area (Å²) in [4.78, 5) is 9.06. The molecule has 1 aromatic rings. The molecule has 0 spiro atoms. The third-order valence-corrected chi connectivity index (χ3v) is 4.42. The van der Waals surface area contributed by atoms with Crippen LogP contribution in [-0.2, 0) is 0 Å². The average Bonchev–Trinajstić information content (AvgIpc) is 3.14. The van der Waals surface area contributed by atoms with Gasteiger partial charge in [0.15, 0.2) is 0 Å². The maximum atomic E-state index is 6.00. The molecule has 106 valence electrons. The molecular weight excluding hydrogens is 236 g/mol. The van der Waals surface area contributed by atoms with Gasteiger partial charge in [-0.15, -0.1) is 0 Å². The molecule has 1 fully saturated rings. The highest BCUT2D eigenvalue weighted by molar-refractivity contribution is 5.55. The molecule has 1 aliphatic carbocycles. The zero-order valence-corrected chi connectivity index (χ0v) is 12.7. The van der Waals surface area contributed by atoms with Crippen molar-refractivity contribution in [2.24, 2.45) is 11.3 Å². The highest BCUT2D eigenvalue weighted by Gasteiger charge is 2.28. The molecule has 3 N–H and O–H groups in total. The maximum Gasteiger partial charge on any atom is 0.136 e. The Morgan fingerprint density at radius 2 is 1.95 bits per heavy atom. The minimum atomic E-state index is 0.228. The van der Waals surface area contributed by atoms with Gasteiger partial charge in [-0.3, -0.25) is 0 Å². The molecule has 0 bridgehead atoms. The number of rotatable bonds is 5. The van der Waals surface area contributed by atoms with Gasteiger partial charge in [0.25, 0.3) is 0 Å². The molecule has 1 saturated carbocycles. The van der Waals surface area contributed by atoms with E-state index < -0.39 is 0 Å². The largest absolute Gasteiger partial charge is 0.383 e. The molecule has 0 aliphatic heterocycles. The number of hydrogen-bond donors (Lipinski definition) is 2. The van der Waals surface area contributed by atoms with E-state index in [4.69, 9.17) is 5.73 Å². The van der Waals surface area contributed by atoms with Crippen LogP contribution in [0.25, 0.3) is 0 Å². The van der Waals surface area contributed by atoms with Crippen molar-refractivity contribution in [3.05, 3.63) is 11.4 Å². The number of anilines is 2. The van der Waals surface area contributed by atoms with Gasteiger partial charge in [0.2, 0.25) is 0 Å². The zero-order valence-electron chi connectivity index (χ0n) is 12.7. The smallest absolute Gasteiger partial charge is 0.136 e. The monoisotopic (exact) mass is 262 g/mol. The summed E-state index contributed by atoms with van der Waals surface area (Å²) in [7, 11) is 0. The molecule has 1 aromatic heterocycles. The Balaban J connectivity index is 2.15. The van der Waals surface area contributed by atoms with Gasteiger partial charge in [0.1, 0.15) is 17.5 Å². The van der Waals surface area contributed by atoms with E-state index in [0.717, 1.165) is 23.8 Å². The van der Waals surface area contributed by atoms with Crippen molar-refractivity contribution < 1.29 is 0 Å². The first-order chi connectivity index (χ1) is 8.81. The Morgan fingerprint density at radius 1 is 1.32 bits per heavy atom. The van der Waals surface area contributed by atoms with Crippen LogP contribution in [0, 0.1) is 18.3 Å². The van der Waals surface area contributed by atoms with E-state index in [9.17, 15) is 0 Å². The summed E-state index contributed by atoms with van der Waals surface area (Å²) in [5.74, 6) is 3.57. The van der Waals surface area contributed by atoms with Crippen LogP contribution in [-0.4, -0.2) is 16.5 Å². The van der Waals surface area contributed by atoms with Gasteiger partial charge in [-0.2, -0.15) is 0 Å². The number of hydrogen-bond acceptors (Lipinski definition) is 4. The zero-order chi connectivity index (χ0) is 14.2. The minimum absolute atomic E-state index is 0.228. The highest BCUT2D eigenvalue weighted by Crippen LogP contribution is 2.39. The summed E-state index contributed by atoms with van der Waals surface area (Å²) in [5.41, 5.74) is 7.19. The van der Waals surface area contributed by atoms with Crippen LogP contribution < -0.4 is 11.1 Å². The second-order valence-corrected chi connectivity index (χ2v) is 6.71. The molecule has 0 amide bonds. The second kappa shape index (κ2) is 4.99. The van der Waals surface area contributed by atoms with Gasteiger partial charge in [-0.1, -0.05) is 27.7 Å². The van der Waals surface area contributed by atoms with Crippen molar-refractivity contribution in [2.45, 2.75) is 53.4 Å². The van der Waals surface area contributed by atoms with E-state index in [-0.39, 0.29) is 5.41 Å². The lowest BCUT2D eigenvalue weighted by Gasteiger charge is -2.30. The number of nitrogens with one attached hydrogen (secondary N) is 1. The van der Waals surface area contributed by atoms with Crippen molar-refractivity contribution in [3.8, 4) is 0 Å². The molecule has 0 saturated heterocycles. The minimum Gasteiger partial charge on any atom is -0.383 e. The van der Waals surface area contributed by atoms with Crippen LogP contribution in [0.15, 0.2) is 0 Å². The lowest BCUT2D eigenvalue weighted by atomic mass is 9.81. The van der Waals surface area contributed by atoms with Gasteiger partial charge in [0.05, 0.1) is 0 Å². The Kier molecular flexibility index (Phi) is 3.70. The van der Waals surface area contributed by atoms with Gasteiger partial charge in [-0.05, 0) is 31.1 Å². The summed E-state index contributed by atoms with van der Waals surface area (Å²) < 4.78 is 0. The normalized spacial score (nSPS) is 15.9. The molecule has 2 rings (SSSR count). The van der Waals surface area contributed by atoms with Crippen molar-refractivity contribution >= 4 is 11.6 Å². The highest BCUT2D eigenvalue weighted by atomic mass is 15.1. The summed E-state index contributed by atoms with van der Waals surface area (Å²) in [6.07, 6.45) is 2.39. The van der Waals surface area contributed by atoms with E-state index in [1.807, 2.05) is 6.92 Å². The van der Waals surface area contributed by atoms with Crippen LogP contribution in [0.4, 0.5) is 11.6 Å². The molecule has 0 radical (unpaired) electrons. The topological polar surface area (TPSA) is 63.8 Å². The van der Waals surface area contributed by atoms with Crippen LogP contribution >= 0.6 is 0 Å². The quantitative estimate of drug-likeness (QED) is 0.854. The van der Waals surface area contributed by atoms with Gasteiger partial charge < -0.3 is 11.1 Å². The molecule has 1 heterocycles. The van der Waals surface area contributed by atoms with Crippen molar-refractivity contribution in [2.75, 3.05) is 17.6 Å². The molecule has 1 aliphatic rings. The summed E-state index contributed by atoms with van der Waals surface area (Å²) in [6, 6.07) is 0. The average molecular weight is 262 g/mol. The van der Waals surface area contributed by atoms with E-state index in [0.29, 0.717) is 17.7 Å². The van der Waals surface area contributed by atoms with E-state index in [2.05, 4.69) is 43.0 Å². The molecule has 0 aromatic carbocycles. The second-order valence-electron chi connectivity index (χ2n) is 6.71. The predicted molar refractivity (Wildman–Crippen MR) is 80.3 cm³/mol. The fourth-order valence-corrected chi connectivity index (χ4v) is 1.76. The standard InChI is InChI=1S/C15H26N4/c1-9(2)15(4,5)8-17-13-10(3)12(16)18-14(19-13)11-6-7-11/h9,11H,6-8H2,1-5H3,(H3,16,17,18,19). The Hall–Kier alpha value is -1.32. The van der Waals surface area contributed by atoms with E-state index in [1.54, 1.807) is 0 Å². The Bertz CT molecular complexity index is 461. The maximum absolute atomic E-state index is 6.00. The third kappa shape index (κ3) is 3.17. The Labute approximate surface area is 116 Å². The van der Waals surface area contributed by atoms with Crippen molar-refractivity contribution in [1.29, 1.82) is 0 Å². The fraction of sp³-hybridized carbons (Fsp3) is 0.733. The van der Waals surface area contributed by atoms with Crippen LogP contribution in [0.2, 0.25) is 0 Å². The van der Waals surface area contributed by atoms with Crippen molar-refractivity contribution in [3.63, 3.8) is 0 Å². The lowest BCUT2D eigenvalue weighted by Crippen LogP contribution is -2.29. The summed E-state index contributed by atoms with van der Waals surface area (Å²) in [6.45, 7) is 11.9. The number of aromatic nitrogens is 2. The fourth-order valence-electron chi connectivity index (χ4n) is 1.76. The molecular formula is C15H26N4. The summed E-state index contributed by atoms with van der Waals surface area (Å²) in [5, 5.41) is 3.47. The lowest BCUT2D eigenvalue weighted by molar-refractivity contribution is 0.269. The summed E-state index contributed by atoms with van der Waals surface area (Å²) >= 11 is 0. The van der Waals surface area contributed by atoms with Gasteiger partial charge in [0, 0.05) is 18.0 Å². The predicted octanol–water partition coefficient (Wildman–Crippen LogP) is 3.34. The first-order valence-corrected chi connectivity index (χ1v) is 7.19. The Morgan fingerprint density at radius 3 is 2.47 bits per heavy atom. The first-order valence-electron chi connectivity index (χ1n) is 7.19. The van der Waals surface area contributed by atoms with Crippen LogP contribution in [0.5, 0.6) is 0 Å². The van der Waals surface area contributed by atoms with E-state index >= 15 is 0 Å².